The maximum absolute atomic E-state index is 11.9. The van der Waals surface area contributed by atoms with Gasteiger partial charge in [0.1, 0.15) is 0 Å². The monoisotopic (exact) mass is 288 g/mol. The van der Waals surface area contributed by atoms with E-state index in [1.165, 1.54) is 25.7 Å². The van der Waals surface area contributed by atoms with Crippen LogP contribution in [-0.2, 0) is 0 Å². The lowest BCUT2D eigenvalue weighted by Crippen LogP contribution is -2.35. The molecule has 21 heavy (non-hydrogen) atoms. The fourth-order valence-electron chi connectivity index (χ4n) is 3.32. The molecule has 1 fully saturated rings. The summed E-state index contributed by atoms with van der Waals surface area (Å²) in [4.78, 5) is 13.5. The number of nitrogens with zero attached hydrogens (tertiary/aromatic N) is 1. The Balaban J connectivity index is 2.04. The van der Waals surface area contributed by atoms with E-state index in [-0.39, 0.29) is 5.91 Å². The molecule has 1 aromatic carbocycles. The van der Waals surface area contributed by atoms with Crippen molar-refractivity contribution in [2.75, 3.05) is 19.4 Å². The van der Waals surface area contributed by atoms with Crippen molar-refractivity contribution in [1.29, 1.82) is 0 Å². The molecule has 0 bridgehead atoms. The third-order valence-electron chi connectivity index (χ3n) is 4.57. The maximum Gasteiger partial charge on any atom is 0.253 e. The van der Waals surface area contributed by atoms with E-state index in [4.69, 9.17) is 0 Å². The van der Waals surface area contributed by atoms with Crippen molar-refractivity contribution in [2.24, 2.45) is 11.8 Å². The van der Waals surface area contributed by atoms with Gasteiger partial charge in [-0.2, -0.15) is 0 Å². The highest BCUT2D eigenvalue weighted by Gasteiger charge is 2.27. The summed E-state index contributed by atoms with van der Waals surface area (Å²) in [6, 6.07) is 8.45. The molecule has 0 radical (unpaired) electrons. The van der Waals surface area contributed by atoms with Gasteiger partial charge in [-0.05, 0) is 48.9 Å². The molecule has 0 aromatic heterocycles. The lowest BCUT2D eigenvalue weighted by Gasteiger charge is -2.35. The summed E-state index contributed by atoms with van der Waals surface area (Å²) in [6.45, 7) is 4.65. The van der Waals surface area contributed by atoms with Gasteiger partial charge in [0.25, 0.3) is 5.91 Å². The molecule has 2 atom stereocenters. The molecule has 1 aromatic rings. The largest absolute Gasteiger partial charge is 0.382 e. The quantitative estimate of drug-likeness (QED) is 0.907. The van der Waals surface area contributed by atoms with Gasteiger partial charge in [0.15, 0.2) is 0 Å². The van der Waals surface area contributed by atoms with E-state index in [1.807, 2.05) is 24.3 Å². The molecular weight excluding hydrogens is 260 g/mol. The van der Waals surface area contributed by atoms with Crippen LogP contribution in [0.15, 0.2) is 24.3 Å². The highest BCUT2D eigenvalue weighted by atomic mass is 16.2. The van der Waals surface area contributed by atoms with E-state index in [0.717, 1.165) is 23.1 Å². The van der Waals surface area contributed by atoms with E-state index >= 15 is 0 Å². The molecule has 1 aliphatic carbocycles. The van der Waals surface area contributed by atoms with Gasteiger partial charge in [-0.25, -0.2) is 0 Å². The standard InChI is InChI=1S/C18H28N2O/c1-13(2)16-7-5-6-8-17(16)19-15-11-9-14(10-12-15)18(21)20(3)4/h9-13,16-17,19H,5-8H2,1-4H3. The third-order valence-corrected chi connectivity index (χ3v) is 4.57. The predicted molar refractivity (Wildman–Crippen MR) is 88.7 cm³/mol. The molecule has 0 heterocycles. The fourth-order valence-corrected chi connectivity index (χ4v) is 3.32. The summed E-state index contributed by atoms with van der Waals surface area (Å²) in [7, 11) is 3.56. The van der Waals surface area contributed by atoms with Crippen molar-refractivity contribution in [3.63, 3.8) is 0 Å². The van der Waals surface area contributed by atoms with Crippen LogP contribution in [0.25, 0.3) is 0 Å². The minimum Gasteiger partial charge on any atom is -0.382 e. The van der Waals surface area contributed by atoms with Crippen LogP contribution in [0.1, 0.15) is 49.9 Å². The van der Waals surface area contributed by atoms with Gasteiger partial charge in [-0.3, -0.25) is 4.79 Å². The summed E-state index contributed by atoms with van der Waals surface area (Å²) in [5.74, 6) is 1.53. The molecule has 3 heteroatoms. The van der Waals surface area contributed by atoms with E-state index in [2.05, 4.69) is 19.2 Å². The molecule has 1 aliphatic rings. The van der Waals surface area contributed by atoms with Crippen LogP contribution >= 0.6 is 0 Å². The van der Waals surface area contributed by atoms with Crippen molar-refractivity contribution in [2.45, 2.75) is 45.6 Å². The van der Waals surface area contributed by atoms with Crippen molar-refractivity contribution in [3.05, 3.63) is 29.8 Å². The summed E-state index contributed by atoms with van der Waals surface area (Å²) in [5.41, 5.74) is 1.87. The van der Waals surface area contributed by atoms with Crippen molar-refractivity contribution < 1.29 is 4.79 Å². The van der Waals surface area contributed by atoms with Gasteiger partial charge in [0.2, 0.25) is 0 Å². The van der Waals surface area contributed by atoms with Crippen LogP contribution in [0.3, 0.4) is 0 Å². The number of amides is 1. The van der Waals surface area contributed by atoms with Gasteiger partial charge < -0.3 is 10.2 Å². The minimum atomic E-state index is 0.0549. The van der Waals surface area contributed by atoms with Crippen molar-refractivity contribution in [1.82, 2.24) is 4.90 Å². The Kier molecular flexibility index (Phi) is 5.27. The fraction of sp³-hybridized carbons (Fsp3) is 0.611. The number of rotatable bonds is 4. The van der Waals surface area contributed by atoms with Gasteiger partial charge in [0, 0.05) is 31.4 Å². The molecule has 116 valence electrons. The minimum absolute atomic E-state index is 0.0549. The normalized spacial score (nSPS) is 22.1. The molecule has 0 spiro atoms. The van der Waals surface area contributed by atoms with E-state index in [1.54, 1.807) is 19.0 Å². The number of hydrogen-bond donors (Lipinski definition) is 1. The second-order valence-electron chi connectivity index (χ2n) is 6.72. The first-order valence-electron chi connectivity index (χ1n) is 8.07. The maximum atomic E-state index is 11.9. The van der Waals surface area contributed by atoms with Gasteiger partial charge in [-0.1, -0.05) is 26.7 Å². The molecule has 1 saturated carbocycles. The Hall–Kier alpha value is -1.51. The number of carbonyl (C=O) groups excluding carboxylic acids is 1. The predicted octanol–water partition coefficient (Wildman–Crippen LogP) is 4.02. The van der Waals surface area contributed by atoms with Crippen molar-refractivity contribution >= 4 is 11.6 Å². The average Bonchev–Trinajstić information content (AvgIpc) is 2.47. The number of benzene rings is 1. The Labute approximate surface area is 128 Å². The first kappa shape index (κ1) is 15.9. The van der Waals surface area contributed by atoms with Gasteiger partial charge in [-0.15, -0.1) is 0 Å². The summed E-state index contributed by atoms with van der Waals surface area (Å²) < 4.78 is 0. The summed E-state index contributed by atoms with van der Waals surface area (Å²) >= 11 is 0. The number of anilines is 1. The Morgan fingerprint density at radius 1 is 1.14 bits per heavy atom. The number of hydrogen-bond acceptors (Lipinski definition) is 2. The topological polar surface area (TPSA) is 32.3 Å². The Morgan fingerprint density at radius 3 is 2.33 bits per heavy atom. The third kappa shape index (κ3) is 3.99. The molecule has 1 amide bonds. The average molecular weight is 288 g/mol. The molecule has 0 aliphatic heterocycles. The summed E-state index contributed by atoms with van der Waals surface area (Å²) in [5, 5.41) is 3.68. The van der Waals surface area contributed by atoms with Crippen molar-refractivity contribution in [3.8, 4) is 0 Å². The number of nitrogens with one attached hydrogen (secondary N) is 1. The second-order valence-corrected chi connectivity index (χ2v) is 6.72. The van der Waals surface area contributed by atoms with E-state index in [9.17, 15) is 4.79 Å². The lowest BCUT2D eigenvalue weighted by atomic mass is 9.78. The lowest BCUT2D eigenvalue weighted by molar-refractivity contribution is 0.0827. The SMILES string of the molecule is CC(C)C1CCCCC1Nc1ccc(C(=O)N(C)C)cc1. The van der Waals surface area contributed by atoms with Gasteiger partial charge >= 0.3 is 0 Å². The zero-order chi connectivity index (χ0) is 15.4. The van der Waals surface area contributed by atoms with Crippen LogP contribution in [0.2, 0.25) is 0 Å². The number of carbonyl (C=O) groups is 1. The zero-order valence-corrected chi connectivity index (χ0v) is 13.7. The van der Waals surface area contributed by atoms with E-state index in [0.29, 0.717) is 6.04 Å². The summed E-state index contributed by atoms with van der Waals surface area (Å²) in [6.07, 6.45) is 5.25. The van der Waals surface area contributed by atoms with Crippen LogP contribution in [0.5, 0.6) is 0 Å². The highest BCUT2D eigenvalue weighted by Crippen LogP contribution is 2.32. The first-order valence-corrected chi connectivity index (χ1v) is 8.07. The molecule has 2 unspecified atom stereocenters. The highest BCUT2D eigenvalue weighted by molar-refractivity contribution is 5.94. The Morgan fingerprint density at radius 2 is 1.76 bits per heavy atom. The van der Waals surface area contributed by atoms with Crippen LogP contribution in [0.4, 0.5) is 5.69 Å². The van der Waals surface area contributed by atoms with Crippen LogP contribution in [-0.4, -0.2) is 30.9 Å². The molecule has 3 nitrogen and oxygen atoms in total. The smallest absolute Gasteiger partial charge is 0.253 e. The van der Waals surface area contributed by atoms with Crippen LogP contribution < -0.4 is 5.32 Å². The van der Waals surface area contributed by atoms with Gasteiger partial charge in [0.05, 0.1) is 0 Å². The second kappa shape index (κ2) is 6.97. The molecule has 0 saturated heterocycles. The van der Waals surface area contributed by atoms with E-state index < -0.39 is 0 Å². The zero-order valence-electron chi connectivity index (χ0n) is 13.7. The first-order chi connectivity index (χ1) is 9.99. The Bertz CT molecular complexity index is 465. The molecule has 2 rings (SSSR count). The molecular formula is C18H28N2O. The van der Waals surface area contributed by atoms with Crippen LogP contribution in [0, 0.1) is 11.8 Å². The molecule has 1 N–H and O–H groups in total.